The molecule has 1 saturated heterocycles. The number of aromatic nitrogens is 2. The van der Waals surface area contributed by atoms with E-state index in [4.69, 9.17) is 4.74 Å². The summed E-state index contributed by atoms with van der Waals surface area (Å²) in [5.41, 5.74) is 7.27. The third kappa shape index (κ3) is 8.57. The molecule has 0 radical (unpaired) electrons. The van der Waals surface area contributed by atoms with Gasteiger partial charge in [0.2, 0.25) is 11.8 Å². The zero-order valence-electron chi connectivity index (χ0n) is 32.6. The first-order chi connectivity index (χ1) is 26.1. The van der Waals surface area contributed by atoms with Crippen molar-refractivity contribution in [1.82, 2.24) is 20.0 Å². The Labute approximate surface area is 319 Å². The Balaban J connectivity index is 1.08. The van der Waals surface area contributed by atoms with Gasteiger partial charge in [0.25, 0.3) is 0 Å². The molecule has 3 aromatic carbocycles. The first-order valence-corrected chi connectivity index (χ1v) is 19.3. The van der Waals surface area contributed by atoms with Gasteiger partial charge >= 0.3 is 0 Å². The number of ether oxygens (including phenoxy) is 1. The van der Waals surface area contributed by atoms with Crippen LogP contribution in [0.25, 0.3) is 33.4 Å². The molecule has 3 heterocycles. The molecular formula is C45H54N6O3. The second-order valence-electron chi connectivity index (χ2n) is 14.8. The van der Waals surface area contributed by atoms with E-state index < -0.39 is 5.41 Å². The van der Waals surface area contributed by atoms with Crippen LogP contribution in [0.5, 0.6) is 5.75 Å². The molecule has 1 aromatic heterocycles. The summed E-state index contributed by atoms with van der Waals surface area (Å²) in [4.78, 5) is 36.5. The number of aromatic amines is 1. The van der Waals surface area contributed by atoms with Crippen molar-refractivity contribution in [2.75, 3.05) is 38.0 Å². The first-order valence-electron chi connectivity index (χ1n) is 19.3. The minimum Gasteiger partial charge on any atom is -0.491 e. The lowest BCUT2D eigenvalue weighted by Gasteiger charge is -2.34. The molecule has 2 aliphatic heterocycles. The Morgan fingerprint density at radius 3 is 2.44 bits per heavy atom. The predicted molar refractivity (Wildman–Crippen MR) is 221 cm³/mol. The van der Waals surface area contributed by atoms with Crippen LogP contribution in [0.4, 0.5) is 5.69 Å². The van der Waals surface area contributed by atoms with Crippen LogP contribution in [0, 0.1) is 11.3 Å². The molecule has 0 bridgehead atoms. The van der Waals surface area contributed by atoms with Crippen LogP contribution in [0.15, 0.2) is 96.0 Å². The Bertz CT molecular complexity index is 2060. The number of rotatable bonds is 13. The highest BCUT2D eigenvalue weighted by Gasteiger charge is 2.48. The van der Waals surface area contributed by atoms with E-state index in [-0.39, 0.29) is 23.8 Å². The maximum atomic E-state index is 14.2. The molecule has 4 aromatic rings. The number of fused-ring (bicyclic) bond motifs is 1. The summed E-state index contributed by atoms with van der Waals surface area (Å²) >= 11 is 0. The van der Waals surface area contributed by atoms with Crippen molar-refractivity contribution < 1.29 is 14.3 Å². The Hall–Kier alpha value is -5.28. The van der Waals surface area contributed by atoms with Gasteiger partial charge in [0.1, 0.15) is 5.75 Å². The highest BCUT2D eigenvalue weighted by Crippen LogP contribution is 2.41. The topological polar surface area (TPSA) is 103 Å². The average molecular weight is 727 g/mol. The number of nitrogens with zero attached hydrogens (tertiary/aromatic N) is 4. The fourth-order valence-corrected chi connectivity index (χ4v) is 7.61. The molecule has 6 rings (SSSR count). The monoisotopic (exact) mass is 726 g/mol. The summed E-state index contributed by atoms with van der Waals surface area (Å²) in [6, 6.07) is 22.3. The molecule has 2 N–H and O–H groups in total. The number of carbonyl (C=O) groups is 2. The highest BCUT2D eigenvalue weighted by molar-refractivity contribution is 6.00. The lowest BCUT2D eigenvalue weighted by Crippen LogP contribution is -2.46. The number of hydrogen-bond acceptors (Lipinski definition) is 6. The number of anilines is 1. The minimum atomic E-state index is -0.596. The second kappa shape index (κ2) is 17.2. The molecule has 54 heavy (non-hydrogen) atoms. The smallest absolute Gasteiger partial charge is 0.237 e. The number of carbonyl (C=O) groups excluding carboxylic acids is 2. The van der Waals surface area contributed by atoms with Crippen LogP contribution in [0.1, 0.15) is 71.9 Å². The van der Waals surface area contributed by atoms with E-state index in [0.717, 1.165) is 57.7 Å². The lowest BCUT2D eigenvalue weighted by atomic mass is 9.73. The molecule has 9 heteroatoms. The van der Waals surface area contributed by atoms with E-state index in [1.54, 1.807) is 0 Å². The van der Waals surface area contributed by atoms with Crippen molar-refractivity contribution in [3.8, 4) is 17.0 Å². The fourth-order valence-electron chi connectivity index (χ4n) is 7.61. The molecule has 1 fully saturated rings. The zero-order chi connectivity index (χ0) is 38.2. The summed E-state index contributed by atoms with van der Waals surface area (Å²) in [6.45, 7) is 15.1. The van der Waals surface area contributed by atoms with Gasteiger partial charge in [-0.3, -0.25) is 24.6 Å². The summed E-state index contributed by atoms with van der Waals surface area (Å²) in [7, 11) is 0. The Morgan fingerprint density at radius 2 is 1.78 bits per heavy atom. The molecule has 2 unspecified atom stereocenters. The Morgan fingerprint density at radius 1 is 1.02 bits per heavy atom. The molecule has 2 aliphatic rings. The van der Waals surface area contributed by atoms with Gasteiger partial charge in [-0.05, 0) is 118 Å². The van der Waals surface area contributed by atoms with Gasteiger partial charge in [-0.1, -0.05) is 62.8 Å². The van der Waals surface area contributed by atoms with E-state index in [2.05, 4.69) is 69.6 Å². The van der Waals surface area contributed by atoms with Crippen molar-refractivity contribution in [2.24, 2.45) is 16.3 Å². The molecule has 0 spiro atoms. The highest BCUT2D eigenvalue weighted by atomic mass is 16.5. The Kier molecular flexibility index (Phi) is 12.3. The van der Waals surface area contributed by atoms with Gasteiger partial charge in [-0.2, -0.15) is 5.10 Å². The zero-order valence-corrected chi connectivity index (χ0v) is 32.6. The van der Waals surface area contributed by atoms with Gasteiger partial charge < -0.3 is 15.0 Å². The number of aliphatic imine (C=N–C) groups is 1. The number of benzene rings is 3. The number of H-pyrrole nitrogens is 1. The third-order valence-electron chi connectivity index (χ3n) is 10.9. The van der Waals surface area contributed by atoms with Crippen LogP contribution in [0.3, 0.4) is 0 Å². The number of likely N-dealkylation sites (tertiary alicyclic amines) is 1. The van der Waals surface area contributed by atoms with Crippen molar-refractivity contribution >= 4 is 45.9 Å². The van der Waals surface area contributed by atoms with Crippen LogP contribution in [0.2, 0.25) is 0 Å². The molecule has 0 saturated carbocycles. The maximum Gasteiger partial charge on any atom is 0.237 e. The molecule has 2 atom stereocenters. The van der Waals surface area contributed by atoms with E-state index in [1.807, 2.05) is 99.5 Å². The minimum absolute atomic E-state index is 0.00842. The van der Waals surface area contributed by atoms with Crippen molar-refractivity contribution in [1.29, 1.82) is 0 Å². The van der Waals surface area contributed by atoms with Crippen LogP contribution in [-0.4, -0.2) is 76.9 Å². The lowest BCUT2D eigenvalue weighted by molar-refractivity contribution is -0.133. The normalized spacial score (nSPS) is 18.9. The predicted octanol–water partition coefficient (Wildman–Crippen LogP) is 9.02. The summed E-state index contributed by atoms with van der Waals surface area (Å²) in [6.07, 6.45) is 12.4. The van der Waals surface area contributed by atoms with Gasteiger partial charge in [0, 0.05) is 42.5 Å². The molecule has 9 nitrogen and oxygen atoms in total. The molecule has 0 aliphatic carbocycles. The second-order valence-corrected chi connectivity index (χ2v) is 14.8. The molecule has 2 amide bonds. The first kappa shape index (κ1) is 38.4. The standard InChI is InChI=1S/C45H54N6O3/c1-7-10-24-46-40(9-3)35-13-11-33(12-14-35)34-21-25-51(26-22-34)42(52)29-50-27-23-45(30-50,32(6)8-2)44(53)47-37-17-20-41-39(28-37)43(49-48-41)36-15-18-38(19-16-36)54-31(4)5/h7,9-21,24,28,31-32H,8,22-23,25-27,29-30H2,1-6H3,(H,47,53)(H,48,49)/b10-7-,40-9+,46-24+. The average Bonchev–Trinajstić information content (AvgIpc) is 3.82. The van der Waals surface area contributed by atoms with E-state index in [1.165, 1.54) is 11.1 Å². The largest absolute Gasteiger partial charge is 0.491 e. The fraction of sp³-hybridized carbons (Fsp3) is 0.378. The van der Waals surface area contributed by atoms with Crippen LogP contribution < -0.4 is 10.1 Å². The number of hydrogen-bond donors (Lipinski definition) is 2. The summed E-state index contributed by atoms with van der Waals surface area (Å²) < 4.78 is 5.82. The number of nitrogens with one attached hydrogen (secondary N) is 2. The maximum absolute atomic E-state index is 14.2. The van der Waals surface area contributed by atoms with E-state index >= 15 is 0 Å². The van der Waals surface area contributed by atoms with Crippen LogP contribution >= 0.6 is 0 Å². The quantitative estimate of drug-likeness (QED) is 0.134. The van der Waals surface area contributed by atoms with E-state index in [9.17, 15) is 9.59 Å². The summed E-state index contributed by atoms with van der Waals surface area (Å²) in [5, 5.41) is 11.9. The van der Waals surface area contributed by atoms with Gasteiger partial charge in [-0.25, -0.2) is 0 Å². The third-order valence-corrected chi connectivity index (χ3v) is 10.9. The molecular weight excluding hydrogens is 673 g/mol. The van der Waals surface area contributed by atoms with Gasteiger partial charge in [0.15, 0.2) is 0 Å². The van der Waals surface area contributed by atoms with Gasteiger partial charge in [-0.15, -0.1) is 0 Å². The van der Waals surface area contributed by atoms with Crippen molar-refractivity contribution in [2.45, 2.75) is 66.9 Å². The van der Waals surface area contributed by atoms with Crippen LogP contribution in [-0.2, 0) is 9.59 Å². The number of allylic oxidation sites excluding steroid dienone is 3. The number of amides is 2. The van der Waals surface area contributed by atoms with Crippen molar-refractivity contribution in [3.63, 3.8) is 0 Å². The SMILES string of the molecule is C\C=C/C=N/C(=C/C)c1ccc(C2=CCN(C(=O)CN3CCC(C(=O)Nc4ccc5[nH]nc(-c6ccc(OC(C)C)cc6)c5c4)(C(C)CC)C3)CC2)cc1. The van der Waals surface area contributed by atoms with E-state index in [0.29, 0.717) is 39.1 Å². The molecule has 282 valence electrons. The van der Waals surface area contributed by atoms with Crippen molar-refractivity contribution in [3.05, 3.63) is 102 Å². The summed E-state index contributed by atoms with van der Waals surface area (Å²) in [5.74, 6) is 1.08. The van der Waals surface area contributed by atoms with Gasteiger partial charge in [0.05, 0.1) is 35.0 Å².